The fourth-order valence-corrected chi connectivity index (χ4v) is 3.37. The molecule has 0 radical (unpaired) electrons. The number of carbonyl (C=O) groups excluding carboxylic acids is 1. The van der Waals surface area contributed by atoms with Crippen LogP contribution in [0.1, 0.15) is 30.3 Å². The molecule has 0 unspecified atom stereocenters. The Morgan fingerprint density at radius 1 is 1.32 bits per heavy atom. The van der Waals surface area contributed by atoms with Crippen LogP contribution in [0.2, 0.25) is 0 Å². The maximum Gasteiger partial charge on any atom is 0.248 e. The number of methoxy groups -OCH3 is 1. The van der Waals surface area contributed by atoms with Crippen LogP contribution in [0.15, 0.2) is 18.2 Å². The molecule has 1 aliphatic heterocycles. The van der Waals surface area contributed by atoms with Gasteiger partial charge in [-0.15, -0.1) is 0 Å². The van der Waals surface area contributed by atoms with Crippen molar-refractivity contribution in [1.29, 1.82) is 0 Å². The number of hydrogen-bond acceptors (Lipinski definition) is 3. The van der Waals surface area contributed by atoms with Gasteiger partial charge in [0.25, 0.3) is 0 Å². The molecule has 2 aromatic rings. The lowest BCUT2D eigenvalue weighted by Gasteiger charge is -2.33. The third-order valence-corrected chi connectivity index (χ3v) is 4.47. The molecule has 5 nitrogen and oxygen atoms in total. The highest BCUT2D eigenvalue weighted by Crippen LogP contribution is 2.29. The summed E-state index contributed by atoms with van der Waals surface area (Å²) in [6, 6.07) is 6.81. The van der Waals surface area contributed by atoms with Gasteiger partial charge < -0.3 is 14.2 Å². The third kappa shape index (κ3) is 2.73. The lowest BCUT2D eigenvalue weighted by atomic mass is 10.0. The minimum atomic E-state index is 0.0870. The Morgan fingerprint density at radius 2 is 2.05 bits per heavy atom. The van der Waals surface area contributed by atoms with Crippen LogP contribution >= 0.6 is 0 Å². The number of ether oxygens (including phenoxy) is 1. The van der Waals surface area contributed by atoms with Crippen molar-refractivity contribution in [3.63, 3.8) is 0 Å². The molecule has 0 aliphatic carbocycles. The van der Waals surface area contributed by atoms with E-state index in [1.165, 1.54) is 11.1 Å². The topological polar surface area (TPSA) is 47.4 Å². The molecule has 0 bridgehead atoms. The van der Waals surface area contributed by atoms with Crippen molar-refractivity contribution in [2.45, 2.75) is 32.7 Å². The summed E-state index contributed by atoms with van der Waals surface area (Å²) in [5.74, 6) is 1.14. The zero-order chi connectivity index (χ0) is 15.7. The van der Waals surface area contributed by atoms with Gasteiger partial charge >= 0.3 is 0 Å². The van der Waals surface area contributed by atoms with Crippen LogP contribution < -0.4 is 0 Å². The Balaban J connectivity index is 1.80. The molecule has 22 heavy (non-hydrogen) atoms. The van der Waals surface area contributed by atoms with Crippen LogP contribution in [0.4, 0.5) is 0 Å². The first kappa shape index (κ1) is 15.0. The Kier molecular flexibility index (Phi) is 4.16. The van der Waals surface area contributed by atoms with Crippen molar-refractivity contribution in [1.82, 2.24) is 14.5 Å². The monoisotopic (exact) mass is 301 g/mol. The van der Waals surface area contributed by atoms with Gasteiger partial charge in [0.05, 0.1) is 11.0 Å². The fourth-order valence-electron chi connectivity index (χ4n) is 3.37. The van der Waals surface area contributed by atoms with Gasteiger partial charge in [-0.1, -0.05) is 6.07 Å². The van der Waals surface area contributed by atoms with Crippen LogP contribution in [0.3, 0.4) is 0 Å². The molecule has 1 aliphatic rings. The highest BCUT2D eigenvalue weighted by atomic mass is 16.5. The molecule has 0 spiro atoms. The summed E-state index contributed by atoms with van der Waals surface area (Å²) in [4.78, 5) is 18.5. The minimum Gasteiger partial charge on any atom is -0.375 e. The zero-order valence-corrected chi connectivity index (χ0v) is 13.5. The first-order valence-corrected chi connectivity index (χ1v) is 7.82. The molecule has 0 atom stereocenters. The van der Waals surface area contributed by atoms with E-state index in [1.54, 1.807) is 7.11 Å². The van der Waals surface area contributed by atoms with Gasteiger partial charge in [0.15, 0.2) is 0 Å². The predicted octanol–water partition coefficient (Wildman–Crippen LogP) is 2.46. The summed E-state index contributed by atoms with van der Waals surface area (Å²) in [5, 5.41) is 0. The lowest BCUT2D eigenvalue weighted by Crippen LogP contribution is -2.40. The average Bonchev–Trinajstić information content (AvgIpc) is 2.83. The van der Waals surface area contributed by atoms with Gasteiger partial charge in [-0.3, -0.25) is 4.79 Å². The summed E-state index contributed by atoms with van der Waals surface area (Å²) >= 11 is 0. The lowest BCUT2D eigenvalue weighted by molar-refractivity contribution is -0.136. The number of fused-ring (bicyclic) bond motifs is 1. The molecule has 5 heteroatoms. The molecule has 1 amide bonds. The molecular formula is C17H23N3O2. The van der Waals surface area contributed by atoms with Crippen LogP contribution in [0.25, 0.3) is 11.0 Å². The molecule has 1 fully saturated rings. The maximum absolute atomic E-state index is 11.9. The molecule has 0 saturated carbocycles. The van der Waals surface area contributed by atoms with Gasteiger partial charge in [-0.05, 0) is 44.4 Å². The Labute approximate surface area is 130 Å². The molecule has 118 valence electrons. The molecule has 1 saturated heterocycles. The van der Waals surface area contributed by atoms with E-state index in [9.17, 15) is 4.79 Å². The van der Waals surface area contributed by atoms with Crippen molar-refractivity contribution in [3.05, 3.63) is 29.6 Å². The van der Waals surface area contributed by atoms with Gasteiger partial charge in [0.1, 0.15) is 12.4 Å². The second-order valence-corrected chi connectivity index (χ2v) is 6.07. The number of hydrogen-bond donors (Lipinski definition) is 0. The van der Waals surface area contributed by atoms with E-state index in [1.807, 2.05) is 4.90 Å². The number of nitrogens with zero attached hydrogens (tertiary/aromatic N) is 3. The number of benzene rings is 1. The van der Waals surface area contributed by atoms with Gasteiger partial charge in [0.2, 0.25) is 5.91 Å². The predicted molar refractivity (Wildman–Crippen MR) is 85.9 cm³/mol. The molecule has 3 rings (SSSR count). The van der Waals surface area contributed by atoms with Crippen LogP contribution in [-0.2, 0) is 9.53 Å². The molecule has 0 N–H and O–H groups in total. The second-order valence-electron chi connectivity index (χ2n) is 6.07. The van der Waals surface area contributed by atoms with Crippen LogP contribution in [0.5, 0.6) is 0 Å². The zero-order valence-electron chi connectivity index (χ0n) is 13.5. The Hall–Kier alpha value is -1.88. The first-order valence-electron chi connectivity index (χ1n) is 7.82. The van der Waals surface area contributed by atoms with Crippen molar-refractivity contribution in [2.24, 2.45) is 0 Å². The maximum atomic E-state index is 11.9. The highest BCUT2D eigenvalue weighted by Gasteiger charge is 2.25. The average molecular weight is 301 g/mol. The number of aromatic nitrogens is 2. The van der Waals surface area contributed by atoms with Crippen molar-refractivity contribution in [2.75, 3.05) is 26.8 Å². The van der Waals surface area contributed by atoms with E-state index < -0.39 is 0 Å². The fraction of sp³-hybridized carbons (Fsp3) is 0.529. The number of piperidine rings is 1. The largest absolute Gasteiger partial charge is 0.375 e. The van der Waals surface area contributed by atoms with E-state index in [2.05, 4.69) is 41.6 Å². The summed E-state index contributed by atoms with van der Waals surface area (Å²) in [5.41, 5.74) is 3.52. The third-order valence-electron chi connectivity index (χ3n) is 4.47. The quantitative estimate of drug-likeness (QED) is 0.875. The van der Waals surface area contributed by atoms with E-state index in [4.69, 9.17) is 4.74 Å². The smallest absolute Gasteiger partial charge is 0.248 e. The summed E-state index contributed by atoms with van der Waals surface area (Å²) in [6.45, 7) is 5.93. The summed E-state index contributed by atoms with van der Waals surface area (Å²) in [7, 11) is 1.56. The van der Waals surface area contributed by atoms with E-state index >= 15 is 0 Å². The van der Waals surface area contributed by atoms with Crippen molar-refractivity contribution >= 4 is 16.9 Å². The molecule has 2 heterocycles. The van der Waals surface area contributed by atoms with E-state index in [-0.39, 0.29) is 12.5 Å². The molecular weight excluding hydrogens is 278 g/mol. The van der Waals surface area contributed by atoms with E-state index in [0.29, 0.717) is 6.04 Å². The first-order chi connectivity index (χ1) is 10.6. The summed E-state index contributed by atoms with van der Waals surface area (Å²) < 4.78 is 7.29. The molecule has 1 aromatic heterocycles. The number of aryl methyl sites for hydroxylation is 2. The SMILES string of the molecule is COCC(=O)N1CCC(n2c(C)nc3ccc(C)cc32)CC1. The second kappa shape index (κ2) is 6.08. The number of likely N-dealkylation sites (tertiary alicyclic amines) is 1. The van der Waals surface area contributed by atoms with Crippen LogP contribution in [-0.4, -0.2) is 47.2 Å². The standard InChI is InChI=1S/C17H23N3O2/c1-12-4-5-15-16(10-12)20(13(2)18-15)14-6-8-19(9-7-14)17(21)11-22-3/h4-5,10,14H,6-9,11H2,1-3H3. The number of amides is 1. The van der Waals surface area contributed by atoms with Crippen molar-refractivity contribution < 1.29 is 9.53 Å². The molecule has 1 aromatic carbocycles. The number of carbonyl (C=O) groups is 1. The van der Waals surface area contributed by atoms with Gasteiger partial charge in [-0.25, -0.2) is 4.98 Å². The van der Waals surface area contributed by atoms with Gasteiger partial charge in [-0.2, -0.15) is 0 Å². The van der Waals surface area contributed by atoms with E-state index in [0.717, 1.165) is 37.3 Å². The minimum absolute atomic E-state index is 0.0870. The van der Waals surface area contributed by atoms with Crippen LogP contribution in [0, 0.1) is 13.8 Å². The number of rotatable bonds is 3. The Morgan fingerprint density at radius 3 is 2.73 bits per heavy atom. The van der Waals surface area contributed by atoms with Gasteiger partial charge in [0, 0.05) is 26.2 Å². The Bertz CT molecular complexity index is 685. The van der Waals surface area contributed by atoms with Crippen molar-refractivity contribution in [3.8, 4) is 0 Å². The normalized spacial score (nSPS) is 16.4. The highest BCUT2D eigenvalue weighted by molar-refractivity contribution is 5.78. The number of imidazole rings is 1. The summed E-state index contributed by atoms with van der Waals surface area (Å²) in [6.07, 6.45) is 1.94.